The van der Waals surface area contributed by atoms with E-state index in [9.17, 15) is 0 Å². The Bertz CT molecular complexity index is 3270. The Labute approximate surface area is 345 Å². The highest BCUT2D eigenvalue weighted by Gasteiger charge is 2.19. The van der Waals surface area contributed by atoms with Gasteiger partial charge in [0.2, 0.25) is 0 Å². The molecule has 4 nitrogen and oxygen atoms in total. The Hall–Kier alpha value is -7.60. The number of para-hydroxylation sites is 1. The molecule has 5 aromatic heterocycles. The number of hydrogen-bond acceptors (Lipinski definition) is 5. The monoisotopic (exact) mass is 770 g/mol. The Morgan fingerprint density at radius 1 is 0.339 bits per heavy atom. The summed E-state index contributed by atoms with van der Waals surface area (Å²) in [6.45, 7) is 0. The zero-order chi connectivity index (χ0) is 39.1. The van der Waals surface area contributed by atoms with Gasteiger partial charge in [0, 0.05) is 44.4 Å². The van der Waals surface area contributed by atoms with Gasteiger partial charge in [-0.25, -0.2) is 9.97 Å². The summed E-state index contributed by atoms with van der Waals surface area (Å²) in [5, 5.41) is 3.68. The van der Waals surface area contributed by atoms with Crippen molar-refractivity contribution >= 4 is 42.4 Å². The van der Waals surface area contributed by atoms with Crippen molar-refractivity contribution in [3.8, 4) is 78.5 Å². The van der Waals surface area contributed by atoms with Crippen molar-refractivity contribution in [3.63, 3.8) is 0 Å². The number of aromatic nitrogens is 4. The van der Waals surface area contributed by atoms with Crippen LogP contribution in [0, 0.1) is 0 Å². The summed E-state index contributed by atoms with van der Waals surface area (Å²) >= 11 is 1.82. The van der Waals surface area contributed by atoms with Crippen LogP contribution >= 0.6 is 11.3 Å². The molecule has 11 rings (SSSR count). The molecule has 6 aromatic carbocycles. The number of rotatable bonds is 7. The Morgan fingerprint density at radius 2 is 0.864 bits per heavy atom. The lowest BCUT2D eigenvalue weighted by atomic mass is 9.94. The van der Waals surface area contributed by atoms with Crippen molar-refractivity contribution in [1.29, 1.82) is 0 Å². The summed E-state index contributed by atoms with van der Waals surface area (Å²) in [7, 11) is 0. The lowest BCUT2D eigenvalue weighted by Gasteiger charge is -2.13. The van der Waals surface area contributed by atoms with Gasteiger partial charge in [0.05, 0.1) is 38.7 Å². The van der Waals surface area contributed by atoms with Gasteiger partial charge in [0.25, 0.3) is 0 Å². The minimum Gasteiger partial charge on any atom is -0.255 e. The molecule has 0 aliphatic rings. The molecule has 5 heterocycles. The van der Waals surface area contributed by atoms with Crippen molar-refractivity contribution < 1.29 is 0 Å². The van der Waals surface area contributed by atoms with Gasteiger partial charge in [-0.15, -0.1) is 11.3 Å². The quantitative estimate of drug-likeness (QED) is 0.162. The largest absolute Gasteiger partial charge is 0.255 e. The molecular weight excluding hydrogens is 737 g/mol. The summed E-state index contributed by atoms with van der Waals surface area (Å²) in [6.07, 6.45) is 3.61. The first-order chi connectivity index (χ1) is 29.2. The SMILES string of the molecule is c1ccc(-c2cccc(-c3cccc4c3nc(-c3cccc(-c5cccc(-c6cc(-c7ccccn7)nc(-c7ccccn7)c6)c5)c3)c3sc5ccccc5c34)c2)cc1. The first-order valence-electron chi connectivity index (χ1n) is 19.7. The van der Waals surface area contributed by atoms with Crippen LogP contribution < -0.4 is 0 Å². The highest BCUT2D eigenvalue weighted by atomic mass is 32.1. The number of nitrogens with zero attached hydrogens (tertiary/aromatic N) is 4. The first kappa shape index (κ1) is 34.6. The molecule has 0 aliphatic carbocycles. The van der Waals surface area contributed by atoms with Crippen LogP contribution in [0.15, 0.2) is 207 Å². The molecule has 0 radical (unpaired) electrons. The fourth-order valence-corrected chi connectivity index (χ4v) is 9.37. The van der Waals surface area contributed by atoms with Gasteiger partial charge in [-0.2, -0.15) is 0 Å². The molecule has 59 heavy (non-hydrogen) atoms. The van der Waals surface area contributed by atoms with E-state index in [0.29, 0.717) is 0 Å². The maximum absolute atomic E-state index is 5.62. The summed E-state index contributed by atoms with van der Waals surface area (Å²) < 4.78 is 2.45. The third-order valence-electron chi connectivity index (χ3n) is 11.0. The van der Waals surface area contributed by atoms with Crippen LogP contribution in [0.25, 0.3) is 110 Å². The molecule has 0 atom stereocenters. The molecule has 11 aromatic rings. The van der Waals surface area contributed by atoms with E-state index in [4.69, 9.17) is 9.97 Å². The molecule has 276 valence electrons. The van der Waals surface area contributed by atoms with Gasteiger partial charge in [0.1, 0.15) is 0 Å². The molecule has 0 spiro atoms. The van der Waals surface area contributed by atoms with Crippen LogP contribution in [-0.2, 0) is 0 Å². The third-order valence-corrected chi connectivity index (χ3v) is 12.1. The van der Waals surface area contributed by atoms with Crippen LogP contribution in [0.1, 0.15) is 0 Å². The van der Waals surface area contributed by atoms with Crippen molar-refractivity contribution in [2.24, 2.45) is 0 Å². The second kappa shape index (κ2) is 14.7. The average molecular weight is 771 g/mol. The molecular formula is C54H34N4S. The number of fused-ring (bicyclic) bond motifs is 5. The molecule has 0 fully saturated rings. The predicted octanol–water partition coefficient (Wildman–Crippen LogP) is 14.5. The van der Waals surface area contributed by atoms with Crippen LogP contribution in [0.2, 0.25) is 0 Å². The lowest BCUT2D eigenvalue weighted by Crippen LogP contribution is -1.94. The van der Waals surface area contributed by atoms with Gasteiger partial charge >= 0.3 is 0 Å². The van der Waals surface area contributed by atoms with Gasteiger partial charge in [-0.3, -0.25) is 9.97 Å². The first-order valence-corrected chi connectivity index (χ1v) is 20.5. The van der Waals surface area contributed by atoms with Gasteiger partial charge in [-0.1, -0.05) is 133 Å². The van der Waals surface area contributed by atoms with E-state index in [1.54, 1.807) is 12.4 Å². The standard InChI is InChI=1S/C54H34N4S/c1-2-14-35(15-3-1)36-16-11-20-40(31-36)43-23-13-24-45-51-44-22-4-5-27-50(44)59-54(51)52(58-53(43)45)41-21-12-18-38(32-41)37-17-10-19-39(30-37)42-33-48(46-25-6-8-28-55-46)57-49(34-42)47-26-7-9-29-56-47/h1-34H. The Kier molecular flexibility index (Phi) is 8.64. The van der Waals surface area contributed by atoms with Crippen molar-refractivity contribution in [1.82, 2.24) is 19.9 Å². The van der Waals surface area contributed by atoms with Crippen LogP contribution in [0.4, 0.5) is 0 Å². The average Bonchev–Trinajstić information content (AvgIpc) is 3.72. The van der Waals surface area contributed by atoms with Crippen molar-refractivity contribution in [3.05, 3.63) is 207 Å². The van der Waals surface area contributed by atoms with E-state index < -0.39 is 0 Å². The highest BCUT2D eigenvalue weighted by molar-refractivity contribution is 7.26. The van der Waals surface area contributed by atoms with Crippen molar-refractivity contribution in [2.45, 2.75) is 0 Å². The summed E-state index contributed by atoms with van der Waals surface area (Å²) in [5.41, 5.74) is 15.3. The molecule has 0 bridgehead atoms. The third kappa shape index (κ3) is 6.44. The zero-order valence-electron chi connectivity index (χ0n) is 31.8. The summed E-state index contributed by atoms with van der Waals surface area (Å²) in [5.74, 6) is 0. The molecule has 0 N–H and O–H groups in total. The van der Waals surface area contributed by atoms with Gasteiger partial charge in [-0.05, 0) is 99.6 Å². The minimum absolute atomic E-state index is 0.803. The van der Waals surface area contributed by atoms with E-state index in [1.165, 1.54) is 36.7 Å². The zero-order valence-corrected chi connectivity index (χ0v) is 32.6. The topological polar surface area (TPSA) is 51.6 Å². The lowest BCUT2D eigenvalue weighted by molar-refractivity contribution is 1.22. The molecule has 5 heteroatoms. The predicted molar refractivity (Wildman–Crippen MR) is 246 cm³/mol. The second-order valence-electron chi connectivity index (χ2n) is 14.6. The van der Waals surface area contributed by atoms with Crippen LogP contribution in [0.3, 0.4) is 0 Å². The van der Waals surface area contributed by atoms with Gasteiger partial charge in [0.15, 0.2) is 0 Å². The normalized spacial score (nSPS) is 11.4. The minimum atomic E-state index is 0.803. The van der Waals surface area contributed by atoms with E-state index in [2.05, 4.69) is 168 Å². The van der Waals surface area contributed by atoms with E-state index >= 15 is 0 Å². The number of hydrogen-bond donors (Lipinski definition) is 0. The smallest absolute Gasteiger partial charge is 0.0900 e. The van der Waals surface area contributed by atoms with Crippen LogP contribution in [-0.4, -0.2) is 19.9 Å². The molecule has 0 unspecified atom stereocenters. The maximum Gasteiger partial charge on any atom is 0.0900 e. The van der Waals surface area contributed by atoms with Crippen molar-refractivity contribution in [2.75, 3.05) is 0 Å². The number of pyridine rings is 4. The fraction of sp³-hybridized carbons (Fsp3) is 0. The van der Waals surface area contributed by atoms with E-state index in [0.717, 1.165) is 72.9 Å². The molecule has 0 saturated carbocycles. The summed E-state index contributed by atoms with van der Waals surface area (Å²) in [4.78, 5) is 19.9. The number of benzene rings is 6. The fourth-order valence-electron chi connectivity index (χ4n) is 8.15. The Balaban J connectivity index is 1.06. The molecule has 0 saturated heterocycles. The number of thiophene rings is 1. The highest BCUT2D eigenvalue weighted by Crippen LogP contribution is 2.45. The Morgan fingerprint density at radius 3 is 1.56 bits per heavy atom. The van der Waals surface area contributed by atoms with Gasteiger partial charge < -0.3 is 0 Å². The van der Waals surface area contributed by atoms with Crippen LogP contribution in [0.5, 0.6) is 0 Å². The molecule has 0 amide bonds. The van der Waals surface area contributed by atoms with E-state index in [1.807, 2.05) is 47.7 Å². The second-order valence-corrected chi connectivity index (χ2v) is 15.7. The summed E-state index contributed by atoms with van der Waals surface area (Å²) in [6, 6.07) is 68.4. The molecule has 0 aliphatic heterocycles. The maximum atomic E-state index is 5.62. The van der Waals surface area contributed by atoms with E-state index in [-0.39, 0.29) is 0 Å².